The van der Waals surface area contributed by atoms with Gasteiger partial charge in [0, 0.05) is 44.0 Å². The molecule has 136 valence electrons. The van der Waals surface area contributed by atoms with Crippen LogP contribution in [0.15, 0.2) is 53.9 Å². The number of piperidine rings is 1. The van der Waals surface area contributed by atoms with E-state index in [-0.39, 0.29) is 12.0 Å². The molecule has 7 nitrogen and oxygen atoms in total. The Morgan fingerprint density at radius 1 is 1.12 bits per heavy atom. The summed E-state index contributed by atoms with van der Waals surface area (Å²) < 4.78 is 6.89. The third-order valence-electron chi connectivity index (χ3n) is 4.21. The summed E-state index contributed by atoms with van der Waals surface area (Å²) in [6, 6.07) is 11.2. The lowest BCUT2D eigenvalue weighted by Crippen LogP contribution is -2.39. The van der Waals surface area contributed by atoms with Crippen molar-refractivity contribution in [2.45, 2.75) is 19.8 Å². The number of carbonyl (C=O) groups is 2. The van der Waals surface area contributed by atoms with Crippen LogP contribution in [0.4, 0.5) is 4.79 Å². The van der Waals surface area contributed by atoms with Crippen molar-refractivity contribution < 1.29 is 14.3 Å². The van der Waals surface area contributed by atoms with Crippen molar-refractivity contribution in [2.75, 3.05) is 19.7 Å². The number of likely N-dealkylation sites (tertiary alicyclic amines) is 1. The highest BCUT2D eigenvalue weighted by atomic mass is 16.6. The van der Waals surface area contributed by atoms with Gasteiger partial charge >= 0.3 is 6.09 Å². The van der Waals surface area contributed by atoms with Gasteiger partial charge in [-0.15, -0.1) is 0 Å². The van der Waals surface area contributed by atoms with Crippen molar-refractivity contribution in [1.82, 2.24) is 14.9 Å². The number of aromatic nitrogens is 1. The number of amides is 2. The Bertz CT molecular complexity index is 789. The van der Waals surface area contributed by atoms with Crippen LogP contribution in [0.2, 0.25) is 0 Å². The molecule has 7 heteroatoms. The number of hydrazone groups is 1. The highest BCUT2D eigenvalue weighted by Gasteiger charge is 2.21. The van der Waals surface area contributed by atoms with Gasteiger partial charge in [-0.2, -0.15) is 5.10 Å². The molecule has 0 aliphatic carbocycles. The van der Waals surface area contributed by atoms with Gasteiger partial charge in [0.15, 0.2) is 0 Å². The zero-order valence-corrected chi connectivity index (χ0v) is 14.7. The first-order valence-electron chi connectivity index (χ1n) is 8.69. The Hall–Kier alpha value is -3.09. The minimum Gasteiger partial charge on any atom is -0.450 e. The van der Waals surface area contributed by atoms with E-state index in [2.05, 4.69) is 10.5 Å². The molecule has 0 bridgehead atoms. The van der Waals surface area contributed by atoms with Gasteiger partial charge in [0.05, 0.1) is 17.9 Å². The van der Waals surface area contributed by atoms with Crippen LogP contribution in [0.1, 0.15) is 30.1 Å². The van der Waals surface area contributed by atoms with Crippen LogP contribution in [0.5, 0.6) is 0 Å². The van der Waals surface area contributed by atoms with Gasteiger partial charge in [-0.1, -0.05) is 12.1 Å². The largest absolute Gasteiger partial charge is 0.450 e. The first-order chi connectivity index (χ1) is 12.7. The van der Waals surface area contributed by atoms with Crippen LogP contribution < -0.4 is 5.43 Å². The van der Waals surface area contributed by atoms with E-state index in [4.69, 9.17) is 4.74 Å². The molecule has 2 amide bonds. The fraction of sp³-hybridized carbons (Fsp3) is 0.316. The van der Waals surface area contributed by atoms with E-state index in [1.807, 2.05) is 47.3 Å². The molecule has 1 aromatic heterocycles. The molecule has 2 aromatic rings. The highest BCUT2D eigenvalue weighted by molar-refractivity contribution is 5.98. The van der Waals surface area contributed by atoms with Gasteiger partial charge in [-0.3, -0.25) is 4.79 Å². The summed E-state index contributed by atoms with van der Waals surface area (Å²) in [5.74, 6) is -0.255. The molecule has 0 atom stereocenters. The van der Waals surface area contributed by atoms with E-state index in [9.17, 15) is 9.59 Å². The highest BCUT2D eigenvalue weighted by Crippen LogP contribution is 2.15. The fourth-order valence-electron chi connectivity index (χ4n) is 2.85. The van der Waals surface area contributed by atoms with E-state index >= 15 is 0 Å². The maximum atomic E-state index is 12.5. The van der Waals surface area contributed by atoms with Crippen LogP contribution in [0.3, 0.4) is 0 Å². The Morgan fingerprint density at radius 2 is 1.81 bits per heavy atom. The lowest BCUT2D eigenvalue weighted by Gasteiger charge is -2.26. The number of para-hydroxylation sites is 1. The first-order valence-corrected chi connectivity index (χ1v) is 8.69. The summed E-state index contributed by atoms with van der Waals surface area (Å²) in [4.78, 5) is 25.9. The normalized spacial score (nSPS) is 14.0. The summed E-state index contributed by atoms with van der Waals surface area (Å²) in [6.45, 7) is 3.25. The molecule has 0 unspecified atom stereocenters. The van der Waals surface area contributed by atoms with Gasteiger partial charge in [0.25, 0.3) is 5.91 Å². The molecule has 1 aliphatic heterocycles. The van der Waals surface area contributed by atoms with Crippen LogP contribution >= 0.6 is 0 Å². The second-order valence-corrected chi connectivity index (χ2v) is 5.91. The summed E-state index contributed by atoms with van der Waals surface area (Å²) >= 11 is 0. The van der Waals surface area contributed by atoms with Crippen molar-refractivity contribution in [3.8, 4) is 5.69 Å². The van der Waals surface area contributed by atoms with Gasteiger partial charge in [0.2, 0.25) is 0 Å². The standard InChI is InChI=1S/C19H22N4O3/c1-2-26-19(25)23-13-9-15(10-14-23)20-21-18(24)16-7-3-4-8-17(16)22-11-5-6-12-22/h3-8,11-12H,2,9-10,13-14H2,1H3,(H,21,24). The number of rotatable bonds is 4. The summed E-state index contributed by atoms with van der Waals surface area (Å²) in [5.41, 5.74) is 4.87. The molecule has 3 rings (SSSR count). The molecule has 0 radical (unpaired) electrons. The lowest BCUT2D eigenvalue weighted by molar-refractivity contribution is 0.0951. The second kappa shape index (κ2) is 8.33. The zero-order valence-electron chi connectivity index (χ0n) is 14.7. The molecule has 0 spiro atoms. The topological polar surface area (TPSA) is 75.9 Å². The number of nitrogens with zero attached hydrogens (tertiary/aromatic N) is 3. The van der Waals surface area contributed by atoms with Gasteiger partial charge in [0.1, 0.15) is 0 Å². The van der Waals surface area contributed by atoms with E-state index < -0.39 is 0 Å². The molecular weight excluding hydrogens is 332 g/mol. The molecule has 0 saturated carbocycles. The van der Waals surface area contributed by atoms with Gasteiger partial charge < -0.3 is 14.2 Å². The Balaban J connectivity index is 1.62. The van der Waals surface area contributed by atoms with Crippen LogP contribution in [0, 0.1) is 0 Å². The molecule has 1 aliphatic rings. The predicted octanol–water partition coefficient (Wildman–Crippen LogP) is 2.82. The maximum absolute atomic E-state index is 12.5. The van der Waals surface area contributed by atoms with E-state index in [1.165, 1.54) is 0 Å². The Morgan fingerprint density at radius 3 is 2.50 bits per heavy atom. The van der Waals surface area contributed by atoms with Gasteiger partial charge in [-0.05, 0) is 31.2 Å². The predicted molar refractivity (Wildman–Crippen MR) is 98.5 cm³/mol. The second-order valence-electron chi connectivity index (χ2n) is 5.91. The first kappa shape index (κ1) is 17.7. The van der Waals surface area contributed by atoms with Crippen molar-refractivity contribution in [2.24, 2.45) is 5.10 Å². The SMILES string of the molecule is CCOC(=O)N1CCC(=NNC(=O)c2ccccc2-n2cccc2)CC1. The smallest absolute Gasteiger partial charge is 0.409 e. The van der Waals surface area contributed by atoms with Crippen molar-refractivity contribution in [3.05, 3.63) is 54.4 Å². The van der Waals surface area contributed by atoms with E-state index in [0.717, 1.165) is 11.4 Å². The molecule has 2 heterocycles. The maximum Gasteiger partial charge on any atom is 0.409 e. The van der Waals surface area contributed by atoms with Crippen LogP contribution in [0.25, 0.3) is 5.69 Å². The monoisotopic (exact) mass is 354 g/mol. The number of hydrogen-bond donors (Lipinski definition) is 1. The number of carbonyl (C=O) groups excluding carboxylic acids is 2. The number of ether oxygens (including phenoxy) is 1. The Labute approximate surface area is 152 Å². The van der Waals surface area contributed by atoms with Crippen molar-refractivity contribution in [3.63, 3.8) is 0 Å². The number of nitrogens with one attached hydrogen (secondary N) is 1. The molecule has 1 fully saturated rings. The molecule has 1 N–H and O–H groups in total. The average Bonchev–Trinajstić information content (AvgIpc) is 3.21. The Kier molecular flexibility index (Phi) is 5.68. The number of benzene rings is 1. The molecule has 1 aromatic carbocycles. The summed E-state index contributed by atoms with van der Waals surface area (Å²) in [7, 11) is 0. The third kappa shape index (κ3) is 4.11. The average molecular weight is 354 g/mol. The van der Waals surface area contributed by atoms with Crippen molar-refractivity contribution >= 4 is 17.7 Å². The van der Waals surface area contributed by atoms with Crippen LogP contribution in [-0.2, 0) is 4.74 Å². The fourth-order valence-corrected chi connectivity index (χ4v) is 2.85. The minimum absolute atomic E-state index is 0.255. The van der Waals surface area contributed by atoms with E-state index in [0.29, 0.717) is 38.1 Å². The van der Waals surface area contributed by atoms with Crippen molar-refractivity contribution in [1.29, 1.82) is 0 Å². The quantitative estimate of drug-likeness (QED) is 0.858. The molecule has 1 saturated heterocycles. The molecule has 26 heavy (non-hydrogen) atoms. The summed E-state index contributed by atoms with van der Waals surface area (Å²) in [6.07, 6.45) is 4.74. The van der Waals surface area contributed by atoms with Crippen LogP contribution in [-0.4, -0.2) is 46.9 Å². The summed E-state index contributed by atoms with van der Waals surface area (Å²) in [5, 5.41) is 4.25. The lowest BCUT2D eigenvalue weighted by atomic mass is 10.1. The third-order valence-corrected chi connectivity index (χ3v) is 4.21. The minimum atomic E-state index is -0.295. The van der Waals surface area contributed by atoms with E-state index in [1.54, 1.807) is 17.9 Å². The molecular formula is C19H22N4O3. The number of hydrogen-bond acceptors (Lipinski definition) is 4. The van der Waals surface area contributed by atoms with Gasteiger partial charge in [-0.25, -0.2) is 10.2 Å². The zero-order chi connectivity index (χ0) is 18.4.